The van der Waals surface area contributed by atoms with E-state index in [1.807, 2.05) is 29.3 Å². The molecule has 7 nitrogen and oxygen atoms in total. The summed E-state index contributed by atoms with van der Waals surface area (Å²) in [6.07, 6.45) is 5.23. The first kappa shape index (κ1) is 19.0. The van der Waals surface area contributed by atoms with Crippen LogP contribution in [0.5, 0.6) is 11.6 Å². The summed E-state index contributed by atoms with van der Waals surface area (Å²) in [4.78, 5) is 18.8. The van der Waals surface area contributed by atoms with Gasteiger partial charge in [-0.25, -0.2) is 4.98 Å². The van der Waals surface area contributed by atoms with Crippen molar-refractivity contribution in [2.75, 3.05) is 27.3 Å². The van der Waals surface area contributed by atoms with E-state index in [4.69, 9.17) is 9.47 Å². The van der Waals surface area contributed by atoms with E-state index in [0.717, 1.165) is 35.4 Å². The van der Waals surface area contributed by atoms with Gasteiger partial charge in [-0.15, -0.1) is 0 Å². The summed E-state index contributed by atoms with van der Waals surface area (Å²) in [5.74, 6) is 1.62. The molecular weight excluding hydrogens is 368 g/mol. The van der Waals surface area contributed by atoms with E-state index in [-0.39, 0.29) is 5.91 Å². The normalized spacial score (nSPS) is 14.6. The Morgan fingerprint density at radius 3 is 2.72 bits per heavy atom. The van der Waals surface area contributed by atoms with Gasteiger partial charge in [0.25, 0.3) is 5.91 Å². The van der Waals surface area contributed by atoms with Gasteiger partial charge in [0.1, 0.15) is 5.75 Å². The Balaban J connectivity index is 1.46. The van der Waals surface area contributed by atoms with Crippen LogP contribution in [0.2, 0.25) is 0 Å². The number of nitrogens with zero attached hydrogens (tertiary/aromatic N) is 3. The highest BCUT2D eigenvalue weighted by molar-refractivity contribution is 5.94. The van der Waals surface area contributed by atoms with Crippen LogP contribution in [-0.4, -0.2) is 53.3 Å². The van der Waals surface area contributed by atoms with Gasteiger partial charge in [-0.1, -0.05) is 12.1 Å². The van der Waals surface area contributed by atoms with Crippen molar-refractivity contribution in [2.24, 2.45) is 0 Å². The maximum atomic E-state index is 12.8. The fraction of sp³-hybridized carbons (Fsp3) is 0.318. The highest BCUT2D eigenvalue weighted by Crippen LogP contribution is 2.35. The van der Waals surface area contributed by atoms with E-state index >= 15 is 0 Å². The summed E-state index contributed by atoms with van der Waals surface area (Å²) >= 11 is 0. The molecular formula is C22H24N4O3. The number of pyridine rings is 1. The molecule has 0 spiro atoms. The maximum Gasteiger partial charge on any atom is 0.254 e. The number of likely N-dealkylation sites (tertiary alicyclic amines) is 1. The van der Waals surface area contributed by atoms with Crippen molar-refractivity contribution in [1.29, 1.82) is 0 Å². The van der Waals surface area contributed by atoms with Crippen molar-refractivity contribution in [1.82, 2.24) is 20.1 Å². The Labute approximate surface area is 169 Å². The highest BCUT2D eigenvalue weighted by Gasteiger charge is 2.27. The minimum Gasteiger partial charge on any atom is -0.497 e. The molecule has 1 saturated heterocycles. The summed E-state index contributed by atoms with van der Waals surface area (Å²) < 4.78 is 10.5. The molecule has 29 heavy (non-hydrogen) atoms. The quantitative estimate of drug-likeness (QED) is 0.719. The number of hydrogen-bond donors (Lipinski definition) is 1. The number of piperidine rings is 1. The molecule has 4 rings (SSSR count). The van der Waals surface area contributed by atoms with Crippen LogP contribution in [0.1, 0.15) is 34.8 Å². The van der Waals surface area contributed by atoms with Gasteiger partial charge in [-0.05, 0) is 36.6 Å². The Morgan fingerprint density at radius 2 is 1.97 bits per heavy atom. The second kappa shape index (κ2) is 8.34. The molecule has 0 bridgehead atoms. The van der Waals surface area contributed by atoms with Crippen LogP contribution in [0.4, 0.5) is 0 Å². The van der Waals surface area contributed by atoms with E-state index in [2.05, 4.69) is 21.2 Å². The Hall–Kier alpha value is -3.35. The number of ether oxygens (including phenoxy) is 2. The largest absolute Gasteiger partial charge is 0.497 e. The van der Waals surface area contributed by atoms with E-state index in [0.29, 0.717) is 30.5 Å². The molecule has 7 heteroatoms. The van der Waals surface area contributed by atoms with Crippen molar-refractivity contribution >= 4 is 5.91 Å². The first-order valence-electron chi connectivity index (χ1n) is 9.66. The maximum absolute atomic E-state index is 12.8. The predicted molar refractivity (Wildman–Crippen MR) is 109 cm³/mol. The fourth-order valence-corrected chi connectivity index (χ4v) is 3.84. The van der Waals surface area contributed by atoms with Crippen molar-refractivity contribution < 1.29 is 14.3 Å². The van der Waals surface area contributed by atoms with Crippen LogP contribution in [0.25, 0.3) is 11.1 Å². The molecule has 1 N–H and O–H groups in total. The van der Waals surface area contributed by atoms with Gasteiger partial charge in [-0.3, -0.25) is 9.89 Å². The number of benzene rings is 1. The van der Waals surface area contributed by atoms with Crippen LogP contribution >= 0.6 is 0 Å². The topological polar surface area (TPSA) is 80.3 Å². The van der Waals surface area contributed by atoms with Crippen molar-refractivity contribution in [3.05, 3.63) is 60.0 Å². The third-order valence-electron chi connectivity index (χ3n) is 5.43. The van der Waals surface area contributed by atoms with Gasteiger partial charge in [0.15, 0.2) is 0 Å². The van der Waals surface area contributed by atoms with Crippen LogP contribution in [0.3, 0.4) is 0 Å². The van der Waals surface area contributed by atoms with Gasteiger partial charge >= 0.3 is 0 Å². The molecule has 1 aliphatic heterocycles. The summed E-state index contributed by atoms with van der Waals surface area (Å²) in [6, 6.07) is 11.4. The molecule has 1 aliphatic rings. The predicted octanol–water partition coefficient (Wildman–Crippen LogP) is 3.51. The summed E-state index contributed by atoms with van der Waals surface area (Å²) in [5.41, 5.74) is 3.90. The number of carbonyl (C=O) groups excluding carboxylic acids is 1. The molecule has 1 amide bonds. The van der Waals surface area contributed by atoms with E-state index < -0.39 is 0 Å². The third-order valence-corrected chi connectivity index (χ3v) is 5.43. The molecule has 2 aromatic heterocycles. The van der Waals surface area contributed by atoms with Gasteiger partial charge in [0.05, 0.1) is 20.4 Å². The molecule has 0 aliphatic carbocycles. The smallest absolute Gasteiger partial charge is 0.254 e. The number of rotatable bonds is 5. The number of aromatic amines is 1. The Morgan fingerprint density at radius 1 is 1.14 bits per heavy atom. The Bertz CT molecular complexity index is 993. The number of hydrogen-bond acceptors (Lipinski definition) is 5. The lowest BCUT2D eigenvalue weighted by Gasteiger charge is -2.32. The average Bonchev–Trinajstić information content (AvgIpc) is 3.29. The molecule has 0 unspecified atom stereocenters. The minimum absolute atomic E-state index is 0.0155. The van der Waals surface area contributed by atoms with E-state index in [1.54, 1.807) is 32.5 Å². The lowest BCUT2D eigenvalue weighted by atomic mass is 9.89. The molecule has 1 aromatic carbocycles. The number of nitrogens with one attached hydrogen (secondary N) is 1. The molecule has 0 saturated carbocycles. The lowest BCUT2D eigenvalue weighted by Crippen LogP contribution is -2.38. The van der Waals surface area contributed by atoms with E-state index in [9.17, 15) is 4.79 Å². The number of carbonyl (C=O) groups is 1. The van der Waals surface area contributed by atoms with Crippen molar-refractivity contribution in [3.8, 4) is 22.8 Å². The van der Waals surface area contributed by atoms with Gasteiger partial charge in [0.2, 0.25) is 5.88 Å². The summed E-state index contributed by atoms with van der Waals surface area (Å²) in [7, 11) is 3.22. The van der Waals surface area contributed by atoms with Gasteiger partial charge in [0, 0.05) is 48.1 Å². The molecule has 3 heterocycles. The summed E-state index contributed by atoms with van der Waals surface area (Å²) in [6.45, 7) is 1.40. The van der Waals surface area contributed by atoms with Gasteiger partial charge in [-0.2, -0.15) is 5.10 Å². The zero-order valence-corrected chi connectivity index (χ0v) is 16.6. The van der Waals surface area contributed by atoms with Crippen LogP contribution in [0, 0.1) is 0 Å². The minimum atomic E-state index is 0.0155. The molecule has 150 valence electrons. The zero-order valence-electron chi connectivity index (χ0n) is 16.6. The zero-order chi connectivity index (χ0) is 20.2. The molecule has 0 radical (unpaired) electrons. The fourth-order valence-electron chi connectivity index (χ4n) is 3.84. The monoisotopic (exact) mass is 392 g/mol. The average molecular weight is 392 g/mol. The lowest BCUT2D eigenvalue weighted by molar-refractivity contribution is 0.0711. The highest BCUT2D eigenvalue weighted by atomic mass is 16.5. The number of methoxy groups -OCH3 is 2. The standard InChI is InChI=1S/C22H24N4O3/c1-28-18-5-3-4-16(12-18)19-14-24-25-21(19)15-7-10-26(11-8-15)22(27)17-6-9-23-20(13-17)29-2/h3-6,9,12-15H,7-8,10-11H2,1-2H3,(H,24,25). The summed E-state index contributed by atoms with van der Waals surface area (Å²) in [5, 5.41) is 7.47. The van der Waals surface area contributed by atoms with Crippen LogP contribution in [-0.2, 0) is 0 Å². The first-order chi connectivity index (χ1) is 14.2. The first-order valence-corrected chi connectivity index (χ1v) is 9.66. The van der Waals surface area contributed by atoms with E-state index in [1.165, 1.54) is 0 Å². The second-order valence-corrected chi connectivity index (χ2v) is 7.08. The van der Waals surface area contributed by atoms with Crippen molar-refractivity contribution in [2.45, 2.75) is 18.8 Å². The van der Waals surface area contributed by atoms with Crippen LogP contribution < -0.4 is 9.47 Å². The molecule has 0 atom stereocenters. The van der Waals surface area contributed by atoms with Crippen molar-refractivity contribution in [3.63, 3.8) is 0 Å². The number of H-pyrrole nitrogens is 1. The second-order valence-electron chi connectivity index (χ2n) is 7.08. The number of aromatic nitrogens is 3. The Kier molecular flexibility index (Phi) is 5.46. The molecule has 3 aromatic rings. The SMILES string of the molecule is COc1cccc(-c2cn[nH]c2C2CCN(C(=O)c3ccnc(OC)c3)CC2)c1. The third kappa shape index (κ3) is 3.94. The van der Waals surface area contributed by atoms with Crippen LogP contribution in [0.15, 0.2) is 48.8 Å². The number of amides is 1. The van der Waals surface area contributed by atoms with Gasteiger partial charge < -0.3 is 14.4 Å². The molecule has 1 fully saturated rings.